The molecular weight excluding hydrogens is 304 g/mol. The number of hydrogen-bond acceptors (Lipinski definition) is 2. The molecule has 5 heteroatoms. The van der Waals surface area contributed by atoms with Gasteiger partial charge in [-0.3, -0.25) is 4.79 Å². The first-order chi connectivity index (χ1) is 11.6. The summed E-state index contributed by atoms with van der Waals surface area (Å²) in [5, 5.41) is 13.0. The minimum Gasteiger partial charge on any atom is -0.478 e. The second kappa shape index (κ2) is 6.58. The highest BCUT2D eigenvalue weighted by molar-refractivity contribution is 6.00. The molecule has 0 atom stereocenters. The molecular formula is C19H18N2O3. The lowest BCUT2D eigenvalue weighted by atomic mass is 10.2. The molecule has 1 aromatic heterocycles. The number of hydrogen-bond donors (Lipinski definition) is 2. The van der Waals surface area contributed by atoms with Gasteiger partial charge < -0.3 is 15.0 Å². The maximum atomic E-state index is 12.2. The van der Waals surface area contributed by atoms with Crippen LogP contribution in [0.25, 0.3) is 10.9 Å². The molecule has 0 fully saturated rings. The molecule has 0 aliphatic rings. The van der Waals surface area contributed by atoms with E-state index in [1.165, 1.54) is 17.0 Å². The van der Waals surface area contributed by atoms with Crippen molar-refractivity contribution in [3.05, 3.63) is 65.9 Å². The Labute approximate surface area is 139 Å². The van der Waals surface area contributed by atoms with Crippen LogP contribution in [-0.4, -0.2) is 21.6 Å². The third-order valence-corrected chi connectivity index (χ3v) is 4.00. The number of carboxylic acid groups (broad SMARTS) is 1. The summed E-state index contributed by atoms with van der Waals surface area (Å²) in [5.74, 6) is -1.27. The first kappa shape index (κ1) is 15.8. The van der Waals surface area contributed by atoms with Crippen molar-refractivity contribution in [1.29, 1.82) is 0 Å². The number of anilines is 1. The molecule has 0 saturated carbocycles. The quantitative estimate of drug-likeness (QED) is 0.753. The highest BCUT2D eigenvalue weighted by Crippen LogP contribution is 2.21. The lowest BCUT2D eigenvalue weighted by Gasteiger charge is -2.09. The number of carbonyl (C=O) groups is 2. The minimum atomic E-state index is -1.06. The fraction of sp³-hybridized carbons (Fsp3) is 0.158. The SMILES string of the molecule is Cc1cn(CCC(=O)Nc2ccccc2C(=O)O)c2ccccc12. The summed E-state index contributed by atoms with van der Waals surface area (Å²) in [7, 11) is 0. The van der Waals surface area contributed by atoms with Crippen LogP contribution in [0.4, 0.5) is 5.69 Å². The van der Waals surface area contributed by atoms with Crippen LogP contribution in [0, 0.1) is 6.92 Å². The average molecular weight is 322 g/mol. The van der Waals surface area contributed by atoms with Crippen LogP contribution in [0.3, 0.4) is 0 Å². The predicted octanol–water partition coefficient (Wildman–Crippen LogP) is 3.68. The van der Waals surface area contributed by atoms with Gasteiger partial charge in [0.15, 0.2) is 0 Å². The van der Waals surface area contributed by atoms with E-state index in [9.17, 15) is 9.59 Å². The van der Waals surface area contributed by atoms with Gasteiger partial charge in [-0.1, -0.05) is 30.3 Å². The van der Waals surface area contributed by atoms with E-state index in [2.05, 4.69) is 11.4 Å². The van der Waals surface area contributed by atoms with E-state index in [0.29, 0.717) is 12.2 Å². The maximum absolute atomic E-state index is 12.2. The van der Waals surface area contributed by atoms with E-state index in [-0.39, 0.29) is 17.9 Å². The molecule has 5 nitrogen and oxygen atoms in total. The average Bonchev–Trinajstić information content (AvgIpc) is 2.90. The van der Waals surface area contributed by atoms with E-state index in [0.717, 1.165) is 5.52 Å². The maximum Gasteiger partial charge on any atom is 0.337 e. The molecule has 2 aromatic carbocycles. The standard InChI is InChI=1S/C19H18N2O3/c1-13-12-21(17-9-5-3-6-14(13)17)11-10-18(22)20-16-8-4-2-7-15(16)19(23)24/h2-9,12H,10-11H2,1H3,(H,20,22)(H,23,24). The Morgan fingerprint density at radius 3 is 2.58 bits per heavy atom. The van der Waals surface area contributed by atoms with Gasteiger partial charge in [-0.05, 0) is 30.7 Å². The van der Waals surface area contributed by atoms with Gasteiger partial charge in [0.2, 0.25) is 5.91 Å². The Balaban J connectivity index is 1.71. The second-order valence-electron chi connectivity index (χ2n) is 5.67. The molecule has 122 valence electrons. The van der Waals surface area contributed by atoms with Gasteiger partial charge in [-0.15, -0.1) is 0 Å². The summed E-state index contributed by atoms with van der Waals surface area (Å²) in [5.41, 5.74) is 2.67. The summed E-state index contributed by atoms with van der Waals surface area (Å²) in [4.78, 5) is 23.4. The lowest BCUT2D eigenvalue weighted by Crippen LogP contribution is -2.16. The Bertz CT molecular complexity index is 912. The molecule has 1 amide bonds. The van der Waals surface area contributed by atoms with Crippen molar-refractivity contribution < 1.29 is 14.7 Å². The topological polar surface area (TPSA) is 71.3 Å². The Kier molecular flexibility index (Phi) is 4.33. The molecule has 24 heavy (non-hydrogen) atoms. The molecule has 0 saturated heterocycles. The van der Waals surface area contributed by atoms with Crippen molar-refractivity contribution in [3.63, 3.8) is 0 Å². The number of nitrogens with zero attached hydrogens (tertiary/aromatic N) is 1. The van der Waals surface area contributed by atoms with E-state index < -0.39 is 5.97 Å². The number of nitrogens with one attached hydrogen (secondary N) is 1. The zero-order valence-electron chi connectivity index (χ0n) is 13.3. The number of aryl methyl sites for hydroxylation is 2. The van der Waals surface area contributed by atoms with Gasteiger partial charge >= 0.3 is 5.97 Å². The third-order valence-electron chi connectivity index (χ3n) is 4.00. The van der Waals surface area contributed by atoms with E-state index in [4.69, 9.17) is 5.11 Å². The van der Waals surface area contributed by atoms with Crippen molar-refractivity contribution in [1.82, 2.24) is 4.57 Å². The fourth-order valence-corrected chi connectivity index (χ4v) is 2.83. The minimum absolute atomic E-state index is 0.0908. The van der Waals surface area contributed by atoms with Gasteiger partial charge in [0.25, 0.3) is 0 Å². The van der Waals surface area contributed by atoms with Gasteiger partial charge in [0.05, 0.1) is 11.3 Å². The molecule has 0 aliphatic carbocycles. The van der Waals surface area contributed by atoms with Crippen LogP contribution in [0.15, 0.2) is 54.7 Å². The number of amides is 1. The molecule has 0 radical (unpaired) electrons. The van der Waals surface area contributed by atoms with Crippen molar-refractivity contribution in [2.75, 3.05) is 5.32 Å². The molecule has 3 rings (SSSR count). The molecule has 0 bridgehead atoms. The molecule has 0 unspecified atom stereocenters. The first-order valence-electron chi connectivity index (χ1n) is 7.73. The summed E-state index contributed by atoms with van der Waals surface area (Å²) in [6, 6.07) is 14.5. The van der Waals surface area contributed by atoms with Crippen LogP contribution < -0.4 is 5.32 Å². The monoisotopic (exact) mass is 322 g/mol. The van der Waals surface area contributed by atoms with Crippen LogP contribution in [-0.2, 0) is 11.3 Å². The third kappa shape index (κ3) is 3.15. The van der Waals surface area contributed by atoms with Gasteiger partial charge in [-0.25, -0.2) is 4.79 Å². The number of aromatic nitrogens is 1. The molecule has 2 N–H and O–H groups in total. The van der Waals surface area contributed by atoms with Crippen LogP contribution in [0.2, 0.25) is 0 Å². The van der Waals surface area contributed by atoms with Crippen molar-refractivity contribution in [2.45, 2.75) is 19.9 Å². The van der Waals surface area contributed by atoms with Crippen LogP contribution in [0.1, 0.15) is 22.3 Å². The molecule has 0 aliphatic heterocycles. The van der Waals surface area contributed by atoms with Crippen LogP contribution in [0.5, 0.6) is 0 Å². The van der Waals surface area contributed by atoms with E-state index in [1.807, 2.05) is 35.9 Å². The van der Waals surface area contributed by atoms with Crippen molar-refractivity contribution in [2.24, 2.45) is 0 Å². The number of rotatable bonds is 5. The smallest absolute Gasteiger partial charge is 0.337 e. The Morgan fingerprint density at radius 2 is 1.79 bits per heavy atom. The number of aromatic carboxylic acids is 1. The molecule has 1 heterocycles. The summed E-state index contributed by atoms with van der Waals surface area (Å²) in [6.07, 6.45) is 2.30. The normalized spacial score (nSPS) is 10.7. The number of fused-ring (bicyclic) bond motifs is 1. The number of para-hydroxylation sites is 2. The van der Waals surface area contributed by atoms with Crippen molar-refractivity contribution >= 4 is 28.5 Å². The Morgan fingerprint density at radius 1 is 1.08 bits per heavy atom. The number of benzene rings is 2. The van der Waals surface area contributed by atoms with Gasteiger partial charge in [0.1, 0.15) is 0 Å². The lowest BCUT2D eigenvalue weighted by molar-refractivity contribution is -0.116. The zero-order chi connectivity index (χ0) is 17.1. The highest BCUT2D eigenvalue weighted by atomic mass is 16.4. The Hall–Kier alpha value is -3.08. The molecule has 0 spiro atoms. The number of carboxylic acids is 1. The van der Waals surface area contributed by atoms with Crippen molar-refractivity contribution in [3.8, 4) is 0 Å². The predicted molar refractivity (Wildman–Crippen MR) is 93.3 cm³/mol. The summed E-state index contributed by atoms with van der Waals surface area (Å²) < 4.78 is 2.05. The first-order valence-corrected chi connectivity index (χ1v) is 7.73. The zero-order valence-corrected chi connectivity index (χ0v) is 13.3. The second-order valence-corrected chi connectivity index (χ2v) is 5.67. The largest absolute Gasteiger partial charge is 0.478 e. The number of carbonyl (C=O) groups excluding carboxylic acids is 1. The van der Waals surface area contributed by atoms with Crippen LogP contribution >= 0.6 is 0 Å². The fourth-order valence-electron chi connectivity index (χ4n) is 2.83. The van der Waals surface area contributed by atoms with E-state index in [1.54, 1.807) is 18.2 Å². The summed E-state index contributed by atoms with van der Waals surface area (Å²) >= 11 is 0. The summed E-state index contributed by atoms with van der Waals surface area (Å²) in [6.45, 7) is 2.58. The molecule has 3 aromatic rings. The van der Waals surface area contributed by atoms with Gasteiger partial charge in [-0.2, -0.15) is 0 Å². The van der Waals surface area contributed by atoms with Gasteiger partial charge in [0, 0.05) is 30.1 Å². The van der Waals surface area contributed by atoms with E-state index >= 15 is 0 Å². The highest BCUT2D eigenvalue weighted by Gasteiger charge is 2.12.